The molecule has 1 rings (SSSR count). The molecule has 2 unspecified atom stereocenters. The molecule has 0 radical (unpaired) electrons. The Hall–Kier alpha value is -0.880. The molecule has 0 saturated carbocycles. The largest absolute Gasteiger partial charge is 0.466 e. The van der Waals surface area contributed by atoms with Crippen LogP contribution >= 0.6 is 9.24 Å². The third kappa shape index (κ3) is 4.44. The van der Waals surface area contributed by atoms with E-state index in [-0.39, 0.29) is 5.97 Å². The van der Waals surface area contributed by atoms with Gasteiger partial charge in [0.2, 0.25) is 0 Å². The Morgan fingerprint density at radius 2 is 2.07 bits per heavy atom. The third-order valence-corrected chi connectivity index (χ3v) is 2.91. The molecule has 1 aromatic rings. The average molecular weight is 224 g/mol. The van der Waals surface area contributed by atoms with Gasteiger partial charge in [-0.15, -0.1) is 9.24 Å². The molecule has 82 valence electrons. The minimum absolute atomic E-state index is 0.110. The maximum Gasteiger partial charge on any atom is 0.305 e. The van der Waals surface area contributed by atoms with Gasteiger partial charge in [0.15, 0.2) is 0 Å². The van der Waals surface area contributed by atoms with Crippen molar-refractivity contribution in [3.63, 3.8) is 0 Å². The number of ether oxygens (including phenoxy) is 1. The van der Waals surface area contributed by atoms with Gasteiger partial charge in [0, 0.05) is 6.42 Å². The standard InChI is InChI=1S/C12H17O2P/c1-2-14-12(13)9-8-11(15)10-6-4-3-5-7-10/h3-7,11H,2,8-9,15H2,1H3. The monoisotopic (exact) mass is 224 g/mol. The Morgan fingerprint density at radius 3 is 2.67 bits per heavy atom. The maximum atomic E-state index is 11.1. The highest BCUT2D eigenvalue weighted by Gasteiger charge is 2.08. The van der Waals surface area contributed by atoms with Crippen molar-refractivity contribution in [1.29, 1.82) is 0 Å². The summed E-state index contributed by atoms with van der Waals surface area (Å²) in [7, 11) is 2.77. The second-order valence-corrected chi connectivity index (χ2v) is 4.17. The van der Waals surface area contributed by atoms with Gasteiger partial charge in [0.05, 0.1) is 6.61 Å². The van der Waals surface area contributed by atoms with Crippen molar-refractivity contribution in [3.05, 3.63) is 35.9 Å². The van der Waals surface area contributed by atoms with Gasteiger partial charge < -0.3 is 4.74 Å². The van der Waals surface area contributed by atoms with Crippen LogP contribution in [0.25, 0.3) is 0 Å². The molecule has 0 spiro atoms. The molecule has 0 aliphatic carbocycles. The predicted octanol–water partition coefficient (Wildman–Crippen LogP) is 2.95. The third-order valence-electron chi connectivity index (χ3n) is 2.19. The van der Waals surface area contributed by atoms with E-state index in [4.69, 9.17) is 4.74 Å². The highest BCUT2D eigenvalue weighted by atomic mass is 31.0. The van der Waals surface area contributed by atoms with Crippen LogP contribution in [-0.2, 0) is 9.53 Å². The molecular weight excluding hydrogens is 207 g/mol. The van der Waals surface area contributed by atoms with Crippen molar-refractivity contribution >= 4 is 15.2 Å². The molecule has 1 aromatic carbocycles. The molecule has 0 amide bonds. The normalized spacial score (nSPS) is 12.1. The summed E-state index contributed by atoms with van der Waals surface area (Å²) < 4.78 is 4.88. The van der Waals surface area contributed by atoms with E-state index in [1.54, 1.807) is 0 Å². The summed E-state index contributed by atoms with van der Waals surface area (Å²) in [6.07, 6.45) is 1.30. The van der Waals surface area contributed by atoms with Gasteiger partial charge in [-0.2, -0.15) is 0 Å². The number of carbonyl (C=O) groups is 1. The van der Waals surface area contributed by atoms with E-state index < -0.39 is 0 Å². The van der Waals surface area contributed by atoms with Crippen LogP contribution in [0.4, 0.5) is 0 Å². The molecule has 15 heavy (non-hydrogen) atoms. The molecule has 3 heteroatoms. The Morgan fingerprint density at radius 1 is 1.40 bits per heavy atom. The number of rotatable bonds is 5. The number of hydrogen-bond donors (Lipinski definition) is 0. The molecule has 0 heterocycles. The van der Waals surface area contributed by atoms with Crippen molar-refractivity contribution in [2.24, 2.45) is 0 Å². The van der Waals surface area contributed by atoms with Gasteiger partial charge in [0.1, 0.15) is 0 Å². The zero-order valence-electron chi connectivity index (χ0n) is 8.98. The summed E-state index contributed by atoms with van der Waals surface area (Å²) in [5, 5.41) is 0. The molecule has 0 bridgehead atoms. The fourth-order valence-corrected chi connectivity index (χ4v) is 1.76. The number of esters is 1. The molecule has 2 nitrogen and oxygen atoms in total. The minimum Gasteiger partial charge on any atom is -0.466 e. The van der Waals surface area contributed by atoms with E-state index in [1.165, 1.54) is 5.56 Å². The highest BCUT2D eigenvalue weighted by molar-refractivity contribution is 7.17. The van der Waals surface area contributed by atoms with Gasteiger partial charge in [0.25, 0.3) is 0 Å². The Bertz CT molecular complexity index is 298. The van der Waals surface area contributed by atoms with E-state index in [2.05, 4.69) is 21.4 Å². The number of benzene rings is 1. The van der Waals surface area contributed by atoms with Gasteiger partial charge in [-0.3, -0.25) is 4.79 Å². The van der Waals surface area contributed by atoms with Crippen molar-refractivity contribution in [3.8, 4) is 0 Å². The Kier molecular flexibility index (Phi) is 5.34. The lowest BCUT2D eigenvalue weighted by Crippen LogP contribution is -2.04. The average Bonchev–Trinajstić information content (AvgIpc) is 2.27. The summed E-state index contributed by atoms with van der Waals surface area (Å²) in [6, 6.07) is 10.2. The fraction of sp³-hybridized carbons (Fsp3) is 0.417. The minimum atomic E-state index is -0.110. The molecule has 0 N–H and O–H groups in total. The smallest absolute Gasteiger partial charge is 0.305 e. The van der Waals surface area contributed by atoms with Crippen molar-refractivity contribution in [2.45, 2.75) is 25.4 Å². The first-order chi connectivity index (χ1) is 7.24. The van der Waals surface area contributed by atoms with Crippen molar-refractivity contribution in [1.82, 2.24) is 0 Å². The lowest BCUT2D eigenvalue weighted by molar-refractivity contribution is -0.143. The predicted molar refractivity (Wildman–Crippen MR) is 64.8 cm³/mol. The van der Waals surface area contributed by atoms with Crippen molar-refractivity contribution in [2.75, 3.05) is 6.61 Å². The van der Waals surface area contributed by atoms with Crippen LogP contribution in [0.15, 0.2) is 30.3 Å². The molecule has 0 aromatic heterocycles. The van der Waals surface area contributed by atoms with Gasteiger partial charge in [-0.1, -0.05) is 30.3 Å². The number of hydrogen-bond acceptors (Lipinski definition) is 2. The highest BCUT2D eigenvalue weighted by Crippen LogP contribution is 2.27. The van der Waals surface area contributed by atoms with E-state index in [0.29, 0.717) is 18.7 Å². The Labute approximate surface area is 93.2 Å². The lowest BCUT2D eigenvalue weighted by atomic mass is 10.1. The molecular formula is C12H17O2P. The molecule has 0 saturated heterocycles. The zero-order chi connectivity index (χ0) is 11.1. The first-order valence-electron chi connectivity index (χ1n) is 5.20. The second-order valence-electron chi connectivity index (χ2n) is 3.36. The van der Waals surface area contributed by atoms with Crippen molar-refractivity contribution < 1.29 is 9.53 Å². The second kappa shape index (κ2) is 6.58. The Balaban J connectivity index is 2.37. The van der Waals surface area contributed by atoms with Crippen LogP contribution in [0.1, 0.15) is 31.0 Å². The summed E-state index contributed by atoms with van der Waals surface area (Å²) in [5.41, 5.74) is 1.57. The van der Waals surface area contributed by atoms with Gasteiger partial charge in [-0.25, -0.2) is 0 Å². The van der Waals surface area contributed by atoms with Gasteiger partial charge in [-0.05, 0) is 24.6 Å². The van der Waals surface area contributed by atoms with E-state index in [1.807, 2.05) is 25.1 Å². The molecule has 2 atom stereocenters. The van der Waals surface area contributed by atoms with Crippen LogP contribution in [0.2, 0.25) is 0 Å². The number of carbonyl (C=O) groups excluding carboxylic acids is 1. The van der Waals surface area contributed by atoms with Crippen LogP contribution in [0.3, 0.4) is 0 Å². The van der Waals surface area contributed by atoms with E-state index >= 15 is 0 Å². The van der Waals surface area contributed by atoms with E-state index in [9.17, 15) is 4.79 Å². The first kappa shape index (κ1) is 12.2. The SMILES string of the molecule is CCOC(=O)CCC(P)c1ccccc1. The van der Waals surface area contributed by atoms with Gasteiger partial charge >= 0.3 is 5.97 Å². The summed E-state index contributed by atoms with van der Waals surface area (Å²) in [5.74, 6) is -0.110. The quantitative estimate of drug-likeness (QED) is 0.567. The topological polar surface area (TPSA) is 26.3 Å². The lowest BCUT2D eigenvalue weighted by Gasteiger charge is -2.10. The van der Waals surface area contributed by atoms with Crippen LogP contribution < -0.4 is 0 Å². The van der Waals surface area contributed by atoms with Crippen LogP contribution in [0.5, 0.6) is 0 Å². The first-order valence-corrected chi connectivity index (χ1v) is 5.87. The fourth-order valence-electron chi connectivity index (χ4n) is 1.37. The van der Waals surface area contributed by atoms with E-state index in [0.717, 1.165) is 6.42 Å². The summed E-state index contributed by atoms with van der Waals surface area (Å²) in [4.78, 5) is 11.1. The van der Waals surface area contributed by atoms with Crippen LogP contribution in [0, 0.1) is 0 Å². The molecule has 0 aliphatic heterocycles. The summed E-state index contributed by atoms with van der Waals surface area (Å²) >= 11 is 0. The molecule has 0 aliphatic rings. The summed E-state index contributed by atoms with van der Waals surface area (Å²) in [6.45, 7) is 2.29. The maximum absolute atomic E-state index is 11.1. The zero-order valence-corrected chi connectivity index (χ0v) is 10.1. The molecule has 0 fully saturated rings. The van der Waals surface area contributed by atoms with Crippen LogP contribution in [-0.4, -0.2) is 12.6 Å².